The number of ether oxygens (including phenoxy) is 2. The van der Waals surface area contributed by atoms with Gasteiger partial charge in [0.2, 0.25) is 0 Å². The largest absolute Gasteiger partial charge is 0.494 e. The van der Waals surface area contributed by atoms with E-state index in [0.29, 0.717) is 11.4 Å². The first kappa shape index (κ1) is 24.4. The zero-order valence-electron chi connectivity index (χ0n) is 17.0. The molecule has 0 aliphatic rings. The molecule has 0 saturated carbocycles. The normalized spacial score (nSPS) is 9.94. The van der Waals surface area contributed by atoms with Gasteiger partial charge in [0, 0.05) is 17.2 Å². The minimum Gasteiger partial charge on any atom is -0.494 e. The first-order valence-electron chi connectivity index (χ1n) is 8.95. The molecular weight excluding hydrogens is 427 g/mol. The fourth-order valence-corrected chi connectivity index (χ4v) is 2.58. The first-order valence-corrected chi connectivity index (χ1v) is 8.95. The number of carboxylic acids is 1. The van der Waals surface area contributed by atoms with Crippen LogP contribution < -0.4 is 10.2 Å². The van der Waals surface area contributed by atoms with Gasteiger partial charge in [-0.2, -0.15) is 0 Å². The van der Waals surface area contributed by atoms with Crippen molar-refractivity contribution in [2.45, 2.75) is 0 Å². The van der Waals surface area contributed by atoms with Gasteiger partial charge < -0.3 is 24.6 Å². The molecule has 0 amide bonds. The molecule has 8 nitrogen and oxygen atoms in total. The topological polar surface area (TPSA) is 126 Å². The number of rotatable bonds is 5. The second-order valence-electron chi connectivity index (χ2n) is 6.16. The maximum absolute atomic E-state index is 13.9. The van der Waals surface area contributed by atoms with Crippen molar-refractivity contribution in [3.63, 3.8) is 0 Å². The third-order valence-corrected chi connectivity index (χ3v) is 4.16. The van der Waals surface area contributed by atoms with E-state index in [0.717, 1.165) is 18.2 Å². The molecule has 0 bridgehead atoms. The second kappa shape index (κ2) is 11.0. The molecule has 0 fully saturated rings. The van der Waals surface area contributed by atoms with Crippen LogP contribution in [0.25, 0.3) is 11.3 Å². The summed E-state index contributed by atoms with van der Waals surface area (Å²) in [6.45, 7) is 0. The number of carboxylic acid groups (broad SMARTS) is 1. The van der Waals surface area contributed by atoms with Crippen LogP contribution >= 0.6 is 0 Å². The Morgan fingerprint density at radius 2 is 1.62 bits per heavy atom. The summed E-state index contributed by atoms with van der Waals surface area (Å²) in [4.78, 5) is 25.7. The number of hydrogen-bond acceptors (Lipinski definition) is 7. The van der Waals surface area contributed by atoms with Gasteiger partial charge in [0.05, 0.1) is 25.3 Å². The van der Waals surface area contributed by atoms with Crippen molar-refractivity contribution in [2.24, 2.45) is 0 Å². The summed E-state index contributed by atoms with van der Waals surface area (Å²) < 4.78 is 36.4. The molecule has 3 N–H and O–H groups in total. The standard InChI is InChI=1S/C13H10FNO3.C8H8BFO4/c1-18-11-3-2-6-15-12(11)9-5-4-8(13(16)17)7-10(9)14;1-14-8(11)5-2-3-6(9(12)13)7(10)4-5/h2-7H,1H3,(H,16,17);2-4,12-13H,1H3. The zero-order valence-corrected chi connectivity index (χ0v) is 17.0. The molecule has 2 aromatic carbocycles. The predicted octanol–water partition coefficient (Wildman–Crippen LogP) is 1.89. The summed E-state index contributed by atoms with van der Waals surface area (Å²) in [5.74, 6) is -2.93. The minimum absolute atomic E-state index is 0.0226. The van der Waals surface area contributed by atoms with Crippen molar-refractivity contribution in [1.82, 2.24) is 4.98 Å². The fourth-order valence-electron chi connectivity index (χ4n) is 2.58. The summed E-state index contributed by atoms with van der Waals surface area (Å²) in [5.41, 5.74) is 0.185. The number of nitrogens with zero attached hydrogens (tertiary/aromatic N) is 1. The number of benzene rings is 2. The van der Waals surface area contributed by atoms with E-state index in [1.54, 1.807) is 12.1 Å². The Kier molecular flexibility index (Phi) is 8.39. The summed E-state index contributed by atoms with van der Waals surface area (Å²) >= 11 is 0. The van der Waals surface area contributed by atoms with E-state index in [4.69, 9.17) is 19.9 Å². The molecule has 3 rings (SSSR count). The summed E-state index contributed by atoms with van der Waals surface area (Å²) in [7, 11) is 0.751. The Hall–Kier alpha value is -3.83. The smallest absolute Gasteiger partial charge is 0.491 e. The lowest BCUT2D eigenvalue weighted by Crippen LogP contribution is -2.32. The van der Waals surface area contributed by atoms with Gasteiger partial charge in [0.1, 0.15) is 23.1 Å². The molecule has 0 spiro atoms. The van der Waals surface area contributed by atoms with Crippen LogP contribution in [0.1, 0.15) is 20.7 Å². The Balaban J connectivity index is 0.000000235. The van der Waals surface area contributed by atoms with Gasteiger partial charge in [-0.05, 0) is 42.5 Å². The predicted molar refractivity (Wildman–Crippen MR) is 111 cm³/mol. The van der Waals surface area contributed by atoms with E-state index in [2.05, 4.69) is 9.72 Å². The van der Waals surface area contributed by atoms with E-state index >= 15 is 0 Å². The van der Waals surface area contributed by atoms with Crippen molar-refractivity contribution >= 4 is 24.5 Å². The van der Waals surface area contributed by atoms with Crippen LogP contribution in [0.3, 0.4) is 0 Å². The molecule has 0 aliphatic heterocycles. The highest BCUT2D eigenvalue weighted by Crippen LogP contribution is 2.29. The molecule has 1 aromatic heterocycles. The molecule has 0 unspecified atom stereocenters. The van der Waals surface area contributed by atoms with E-state index in [1.807, 2.05) is 0 Å². The van der Waals surface area contributed by atoms with Gasteiger partial charge in [0.15, 0.2) is 0 Å². The van der Waals surface area contributed by atoms with Gasteiger partial charge in [-0.3, -0.25) is 4.98 Å². The molecular formula is C21H18BF2NO7. The monoisotopic (exact) mass is 445 g/mol. The molecule has 0 atom stereocenters. The zero-order chi connectivity index (χ0) is 23.8. The first-order chi connectivity index (χ1) is 15.2. The fraction of sp³-hybridized carbons (Fsp3) is 0.0952. The minimum atomic E-state index is -1.89. The van der Waals surface area contributed by atoms with E-state index in [9.17, 15) is 18.4 Å². The van der Waals surface area contributed by atoms with E-state index in [-0.39, 0.29) is 22.2 Å². The van der Waals surface area contributed by atoms with E-state index < -0.39 is 30.7 Å². The van der Waals surface area contributed by atoms with Crippen molar-refractivity contribution in [2.75, 3.05) is 14.2 Å². The summed E-state index contributed by atoms with van der Waals surface area (Å²) in [5, 5.41) is 26.1. The number of halogens is 2. The van der Waals surface area contributed by atoms with Crippen LogP contribution in [0.15, 0.2) is 54.7 Å². The lowest BCUT2D eigenvalue weighted by atomic mass is 9.79. The van der Waals surface area contributed by atoms with Crippen LogP contribution in [0, 0.1) is 11.6 Å². The third kappa shape index (κ3) is 5.87. The average molecular weight is 445 g/mol. The van der Waals surface area contributed by atoms with Crippen molar-refractivity contribution < 1.29 is 43.0 Å². The molecule has 0 saturated heterocycles. The molecule has 3 aromatic rings. The van der Waals surface area contributed by atoms with E-state index in [1.165, 1.54) is 38.6 Å². The van der Waals surface area contributed by atoms with Gasteiger partial charge >= 0.3 is 19.1 Å². The number of hydrogen-bond donors (Lipinski definition) is 3. The second-order valence-corrected chi connectivity index (χ2v) is 6.16. The Morgan fingerprint density at radius 1 is 0.969 bits per heavy atom. The highest BCUT2D eigenvalue weighted by atomic mass is 19.1. The quantitative estimate of drug-likeness (QED) is 0.402. The summed E-state index contributed by atoms with van der Waals surface area (Å²) in [6, 6.07) is 10.3. The molecule has 0 radical (unpaired) electrons. The van der Waals surface area contributed by atoms with Gasteiger partial charge in [-0.25, -0.2) is 18.4 Å². The van der Waals surface area contributed by atoms with Crippen molar-refractivity contribution in [1.29, 1.82) is 0 Å². The number of esters is 1. The average Bonchev–Trinajstić information content (AvgIpc) is 2.78. The van der Waals surface area contributed by atoms with Gasteiger partial charge in [-0.15, -0.1) is 0 Å². The van der Waals surface area contributed by atoms with Crippen molar-refractivity contribution in [3.8, 4) is 17.0 Å². The number of methoxy groups -OCH3 is 2. The van der Waals surface area contributed by atoms with Crippen LogP contribution in [0.2, 0.25) is 0 Å². The lowest BCUT2D eigenvalue weighted by molar-refractivity contribution is 0.0599. The number of pyridine rings is 1. The van der Waals surface area contributed by atoms with Crippen molar-refractivity contribution in [3.05, 3.63) is 77.5 Å². The Morgan fingerprint density at radius 3 is 2.16 bits per heavy atom. The van der Waals surface area contributed by atoms with Crippen LogP contribution in [-0.2, 0) is 4.74 Å². The number of carbonyl (C=O) groups excluding carboxylic acids is 1. The Bertz CT molecular complexity index is 1130. The highest BCUT2D eigenvalue weighted by molar-refractivity contribution is 6.58. The third-order valence-electron chi connectivity index (χ3n) is 4.16. The number of aromatic carboxylic acids is 1. The number of carbonyl (C=O) groups is 2. The Labute approximate surface area is 181 Å². The maximum Gasteiger partial charge on any atom is 0.491 e. The number of aromatic nitrogens is 1. The van der Waals surface area contributed by atoms with Gasteiger partial charge in [0.25, 0.3) is 0 Å². The molecule has 166 valence electrons. The highest BCUT2D eigenvalue weighted by Gasteiger charge is 2.18. The molecule has 1 heterocycles. The maximum atomic E-state index is 13.9. The SMILES string of the molecule is COC(=O)c1ccc(B(O)O)c(F)c1.COc1cccnc1-c1ccc(C(=O)O)cc1F. The molecule has 11 heteroatoms. The lowest BCUT2D eigenvalue weighted by Gasteiger charge is -2.08. The molecule has 32 heavy (non-hydrogen) atoms. The van der Waals surface area contributed by atoms with Gasteiger partial charge in [-0.1, -0.05) is 6.07 Å². The van der Waals surface area contributed by atoms with Crippen LogP contribution in [0.5, 0.6) is 5.75 Å². The summed E-state index contributed by atoms with van der Waals surface area (Å²) in [6.07, 6.45) is 1.52. The molecule has 0 aliphatic carbocycles. The van der Waals surface area contributed by atoms with Crippen LogP contribution in [-0.4, -0.2) is 53.4 Å². The van der Waals surface area contributed by atoms with Crippen LogP contribution in [0.4, 0.5) is 8.78 Å².